The van der Waals surface area contributed by atoms with E-state index >= 15 is 0 Å². The first-order valence-corrected chi connectivity index (χ1v) is 23.3. The van der Waals surface area contributed by atoms with Crippen LogP contribution in [0.2, 0.25) is 0 Å². The fourth-order valence-electron chi connectivity index (χ4n) is 6.11. The Morgan fingerprint density at radius 3 is 0.462 bits per heavy atom. The van der Waals surface area contributed by atoms with Crippen molar-refractivity contribution in [1.29, 1.82) is 0 Å². The predicted octanol–water partition coefficient (Wildman–Crippen LogP) is 13.8. The Balaban J connectivity index is 0.000000406. The lowest BCUT2D eigenvalue weighted by Gasteiger charge is -2.07. The van der Waals surface area contributed by atoms with E-state index in [9.17, 15) is 24.0 Å². The molecule has 0 fully saturated rings. The normalized spacial score (nSPS) is 12.5. The average molecular weight is 881 g/mol. The van der Waals surface area contributed by atoms with Crippen molar-refractivity contribution in [3.63, 3.8) is 0 Å². The molecule has 65 heavy (non-hydrogen) atoms. The van der Waals surface area contributed by atoms with Gasteiger partial charge in [-0.05, 0) is 129 Å². The Morgan fingerprint density at radius 1 is 0.262 bits per heavy atom. The van der Waals surface area contributed by atoms with Crippen LogP contribution in [-0.2, 0) is 56.1 Å². The quantitative estimate of drug-likeness (QED) is 0.105. The Kier molecular flexibility index (Phi) is 27.0. The molecule has 0 saturated carbocycles. The average Bonchev–Trinajstić information content (AvgIpc) is 3.25. The molecule has 350 valence electrons. The minimum atomic E-state index is 0.141. The highest BCUT2D eigenvalue weighted by Crippen LogP contribution is 2.14. The smallest absolute Gasteiger partial charge is 0.132 e. The molecule has 0 amide bonds. The molecule has 5 aromatic carbocycles. The van der Waals surface area contributed by atoms with E-state index in [2.05, 4.69) is 156 Å². The summed E-state index contributed by atoms with van der Waals surface area (Å²) in [5.41, 5.74) is 12.5. The van der Waals surface area contributed by atoms with Gasteiger partial charge in [-0.15, -0.1) is 0 Å². The summed E-state index contributed by atoms with van der Waals surface area (Å²) in [6.45, 7) is 28.5. The molecule has 0 aliphatic rings. The fraction of sp³-hybridized carbons (Fsp3) is 0.417. The molecule has 0 saturated heterocycles. The van der Waals surface area contributed by atoms with Crippen LogP contribution in [0.1, 0.15) is 125 Å². The summed E-state index contributed by atoms with van der Waals surface area (Å²) in [5, 5.41) is 0. The molecule has 5 nitrogen and oxygen atoms in total. The van der Waals surface area contributed by atoms with Crippen LogP contribution < -0.4 is 0 Å². The van der Waals surface area contributed by atoms with Crippen LogP contribution in [-0.4, -0.2) is 28.9 Å². The highest BCUT2D eigenvalue weighted by Gasteiger charge is 2.11. The van der Waals surface area contributed by atoms with Gasteiger partial charge in [-0.2, -0.15) is 0 Å². The number of rotatable bonds is 15. The standard InChI is InChI=1S/5C12H16O/c5*1-9-4-6-12(7-5-9)8-10(2)11(3)13/h5*4-7,10H,8H2,1-3H3/t5*10-/m11111/s1. The topological polar surface area (TPSA) is 85.3 Å². The number of hydrogen-bond donors (Lipinski definition) is 0. The van der Waals surface area contributed by atoms with E-state index in [0.717, 1.165) is 32.1 Å². The van der Waals surface area contributed by atoms with Crippen molar-refractivity contribution in [2.45, 2.75) is 136 Å². The van der Waals surface area contributed by atoms with E-state index < -0.39 is 0 Å². The summed E-state index contributed by atoms with van der Waals surface area (Å²) in [4.78, 5) is 55.1. The van der Waals surface area contributed by atoms with Crippen LogP contribution >= 0.6 is 0 Å². The summed E-state index contributed by atoms with van der Waals surface area (Å²) in [7, 11) is 0. The molecule has 5 rings (SSSR count). The van der Waals surface area contributed by atoms with Crippen LogP contribution in [0.3, 0.4) is 0 Å². The lowest BCUT2D eigenvalue weighted by molar-refractivity contribution is -0.121. The van der Waals surface area contributed by atoms with Crippen molar-refractivity contribution in [2.24, 2.45) is 29.6 Å². The molecule has 0 heterocycles. The van der Waals surface area contributed by atoms with Crippen molar-refractivity contribution < 1.29 is 24.0 Å². The fourth-order valence-corrected chi connectivity index (χ4v) is 6.11. The van der Waals surface area contributed by atoms with E-state index in [1.165, 1.54) is 55.6 Å². The molecule has 0 unspecified atom stereocenters. The van der Waals surface area contributed by atoms with Crippen molar-refractivity contribution in [3.8, 4) is 0 Å². The van der Waals surface area contributed by atoms with Gasteiger partial charge < -0.3 is 0 Å². The number of hydrogen-bond acceptors (Lipinski definition) is 5. The van der Waals surface area contributed by atoms with Gasteiger partial charge in [0, 0.05) is 29.6 Å². The minimum Gasteiger partial charge on any atom is -0.300 e. The van der Waals surface area contributed by atoms with Gasteiger partial charge in [0.25, 0.3) is 0 Å². The zero-order valence-corrected chi connectivity index (χ0v) is 42.5. The molecule has 5 heteroatoms. The zero-order valence-electron chi connectivity index (χ0n) is 42.5. The predicted molar refractivity (Wildman–Crippen MR) is 274 cm³/mol. The molecular weight excluding hydrogens is 801 g/mol. The van der Waals surface area contributed by atoms with Crippen LogP contribution in [0.5, 0.6) is 0 Å². The maximum absolute atomic E-state index is 11.0. The van der Waals surface area contributed by atoms with Gasteiger partial charge >= 0.3 is 0 Å². The SMILES string of the molecule is CC(=O)[C@H](C)Cc1ccc(C)cc1.CC(=O)[C@H](C)Cc1ccc(C)cc1.CC(=O)[C@H](C)Cc1ccc(C)cc1.CC(=O)[C@H](C)Cc1ccc(C)cc1.CC(=O)[C@H](C)Cc1ccc(C)cc1. The summed E-state index contributed by atoms with van der Waals surface area (Å²) in [6.07, 6.45) is 4.28. The van der Waals surface area contributed by atoms with Gasteiger partial charge in [0.2, 0.25) is 0 Å². The molecule has 0 spiro atoms. The molecule has 0 aromatic heterocycles. The maximum Gasteiger partial charge on any atom is 0.132 e. The van der Waals surface area contributed by atoms with Gasteiger partial charge in [0.05, 0.1) is 0 Å². The second kappa shape index (κ2) is 30.6. The van der Waals surface area contributed by atoms with Crippen LogP contribution in [0, 0.1) is 64.2 Å². The second-order valence-corrected chi connectivity index (χ2v) is 18.5. The van der Waals surface area contributed by atoms with E-state index in [1.807, 2.05) is 34.6 Å². The van der Waals surface area contributed by atoms with Crippen LogP contribution in [0.25, 0.3) is 0 Å². The number of benzene rings is 5. The molecule has 0 aliphatic heterocycles. The highest BCUT2D eigenvalue weighted by atomic mass is 16.1. The third-order valence-corrected chi connectivity index (χ3v) is 11.8. The van der Waals surface area contributed by atoms with E-state index in [4.69, 9.17) is 0 Å². The molecular formula is C60H80O5. The molecule has 5 atom stereocenters. The summed E-state index contributed by atoms with van der Waals surface area (Å²) in [5.74, 6) is 2.03. The number of Topliss-reactive ketones (excluding diaryl/α,β-unsaturated/α-hetero) is 5. The van der Waals surface area contributed by atoms with Crippen LogP contribution in [0.15, 0.2) is 121 Å². The maximum atomic E-state index is 11.0. The van der Waals surface area contributed by atoms with E-state index in [1.54, 1.807) is 34.6 Å². The van der Waals surface area contributed by atoms with Crippen molar-refractivity contribution in [3.05, 3.63) is 177 Å². The van der Waals surface area contributed by atoms with Crippen LogP contribution in [0.4, 0.5) is 0 Å². The first-order valence-electron chi connectivity index (χ1n) is 23.3. The van der Waals surface area contributed by atoms with Gasteiger partial charge in [0.1, 0.15) is 28.9 Å². The monoisotopic (exact) mass is 881 g/mol. The van der Waals surface area contributed by atoms with E-state index in [0.29, 0.717) is 0 Å². The van der Waals surface area contributed by atoms with Crippen molar-refractivity contribution >= 4 is 28.9 Å². The molecule has 0 bridgehead atoms. The lowest BCUT2D eigenvalue weighted by Crippen LogP contribution is -2.09. The Morgan fingerprint density at radius 2 is 0.369 bits per heavy atom. The first-order chi connectivity index (χ1) is 30.5. The zero-order chi connectivity index (χ0) is 49.2. The van der Waals surface area contributed by atoms with E-state index in [-0.39, 0.29) is 58.5 Å². The van der Waals surface area contributed by atoms with Crippen molar-refractivity contribution in [2.75, 3.05) is 0 Å². The lowest BCUT2D eigenvalue weighted by atomic mass is 9.97. The molecule has 0 N–H and O–H groups in total. The summed E-state index contributed by atoms with van der Waals surface area (Å²) >= 11 is 0. The number of carbonyl (C=O) groups is 5. The molecule has 0 radical (unpaired) electrons. The third kappa shape index (κ3) is 26.1. The van der Waals surface area contributed by atoms with Gasteiger partial charge in [-0.3, -0.25) is 24.0 Å². The largest absolute Gasteiger partial charge is 0.300 e. The first kappa shape index (κ1) is 57.5. The second-order valence-electron chi connectivity index (χ2n) is 18.5. The van der Waals surface area contributed by atoms with Crippen molar-refractivity contribution in [1.82, 2.24) is 0 Å². The van der Waals surface area contributed by atoms with Gasteiger partial charge in [0.15, 0.2) is 0 Å². The number of ketones is 5. The van der Waals surface area contributed by atoms with Gasteiger partial charge in [-0.25, -0.2) is 0 Å². The summed E-state index contributed by atoms with van der Waals surface area (Å²) < 4.78 is 0. The third-order valence-electron chi connectivity index (χ3n) is 11.8. The Labute approximate surface area is 393 Å². The Hall–Kier alpha value is -5.55. The number of carbonyl (C=O) groups excluding carboxylic acids is 5. The molecule has 0 aliphatic carbocycles. The molecule has 5 aromatic rings. The summed E-state index contributed by atoms with van der Waals surface area (Å²) in [6, 6.07) is 41.8. The highest BCUT2D eigenvalue weighted by molar-refractivity contribution is 5.79. The minimum absolute atomic E-state index is 0.141. The number of aryl methyl sites for hydroxylation is 5. The van der Waals surface area contributed by atoms with Gasteiger partial charge in [-0.1, -0.05) is 184 Å². The Bertz CT molecular complexity index is 1790.